The Morgan fingerprint density at radius 2 is 1.90 bits per heavy atom. The van der Waals surface area contributed by atoms with Crippen LogP contribution in [0, 0.1) is 0 Å². The Hall–Kier alpha value is -0.660. The van der Waals surface area contributed by atoms with Gasteiger partial charge in [0.1, 0.15) is 10.7 Å². The molecule has 2 N–H and O–H groups in total. The number of nitrogens with two attached hydrogens (primary N) is 1. The molecule has 1 aliphatic carbocycles. The lowest BCUT2D eigenvalue weighted by atomic mass is 10.1. The van der Waals surface area contributed by atoms with Gasteiger partial charge in [0.05, 0.1) is 0 Å². The summed E-state index contributed by atoms with van der Waals surface area (Å²) < 4.78 is 27.5. The molecule has 0 bridgehead atoms. The fourth-order valence-corrected chi connectivity index (χ4v) is 4.60. The van der Waals surface area contributed by atoms with E-state index in [1.165, 1.54) is 29.4 Å². The topological polar surface area (TPSA) is 76.3 Å². The molecule has 0 aliphatic heterocycles. The highest BCUT2D eigenvalue weighted by Gasteiger charge is 2.30. The molecule has 0 amide bonds. The number of nitrogens with zero attached hydrogens (tertiary/aromatic N) is 2. The van der Waals surface area contributed by atoms with E-state index < -0.39 is 10.0 Å². The summed E-state index contributed by atoms with van der Waals surface area (Å²) in [5.74, 6) is 0.0497. The van der Waals surface area contributed by atoms with Gasteiger partial charge < -0.3 is 5.73 Å². The van der Waals surface area contributed by atoms with Gasteiger partial charge in [-0.3, -0.25) is 0 Å². The van der Waals surface area contributed by atoms with E-state index in [0.29, 0.717) is 4.47 Å². The first-order valence-electron chi connectivity index (χ1n) is 6.82. The smallest absolute Gasteiger partial charge is 0.246 e. The van der Waals surface area contributed by atoms with E-state index in [0.717, 1.165) is 25.7 Å². The standard InChI is InChI=1S/C13H20BrN3O2S/c1-17(11-6-4-2-3-5-7-11)20(18,19)12-8-10(14)9-16-13(12)15/h8-9,11H,2-7H2,1H3,(H2,15,16). The van der Waals surface area contributed by atoms with Crippen molar-refractivity contribution in [3.8, 4) is 0 Å². The fraction of sp³-hybridized carbons (Fsp3) is 0.615. The minimum atomic E-state index is -3.59. The number of anilines is 1. The first-order chi connectivity index (χ1) is 9.43. The quantitative estimate of drug-likeness (QED) is 0.839. The Balaban J connectivity index is 2.31. The van der Waals surface area contributed by atoms with Gasteiger partial charge in [-0.1, -0.05) is 25.7 Å². The Morgan fingerprint density at radius 3 is 2.50 bits per heavy atom. The molecule has 0 unspecified atom stereocenters. The van der Waals surface area contributed by atoms with Crippen molar-refractivity contribution in [1.82, 2.24) is 9.29 Å². The van der Waals surface area contributed by atoms with Crippen LogP contribution in [0.2, 0.25) is 0 Å². The molecule has 0 aromatic carbocycles. The lowest BCUT2D eigenvalue weighted by molar-refractivity contribution is 0.336. The van der Waals surface area contributed by atoms with Gasteiger partial charge in [0.25, 0.3) is 0 Å². The first-order valence-corrected chi connectivity index (χ1v) is 9.05. The number of pyridine rings is 1. The van der Waals surface area contributed by atoms with Gasteiger partial charge in [-0.2, -0.15) is 4.31 Å². The summed E-state index contributed by atoms with van der Waals surface area (Å²) in [5, 5.41) is 0. The Morgan fingerprint density at radius 1 is 1.30 bits per heavy atom. The van der Waals surface area contributed by atoms with Gasteiger partial charge in [-0.25, -0.2) is 13.4 Å². The van der Waals surface area contributed by atoms with E-state index in [4.69, 9.17) is 5.73 Å². The SMILES string of the molecule is CN(C1CCCCCC1)S(=O)(=O)c1cc(Br)cnc1N. The molecule has 0 spiro atoms. The van der Waals surface area contributed by atoms with Crippen LogP contribution >= 0.6 is 15.9 Å². The Kier molecular flexibility index (Phi) is 5.04. The lowest BCUT2D eigenvalue weighted by Gasteiger charge is -2.26. The summed E-state index contributed by atoms with van der Waals surface area (Å²) in [6.07, 6.45) is 7.86. The van der Waals surface area contributed by atoms with Gasteiger partial charge >= 0.3 is 0 Å². The molecule has 7 heteroatoms. The summed E-state index contributed by atoms with van der Waals surface area (Å²) in [7, 11) is -1.95. The largest absolute Gasteiger partial charge is 0.383 e. The second-order valence-corrected chi connectivity index (χ2v) is 8.09. The van der Waals surface area contributed by atoms with Gasteiger partial charge in [-0.15, -0.1) is 0 Å². The van der Waals surface area contributed by atoms with Crippen LogP contribution < -0.4 is 5.73 Å². The van der Waals surface area contributed by atoms with Crippen LogP contribution in [0.25, 0.3) is 0 Å². The molecule has 1 aliphatic rings. The third-order valence-electron chi connectivity index (χ3n) is 3.84. The van der Waals surface area contributed by atoms with Gasteiger partial charge in [0.15, 0.2) is 0 Å². The van der Waals surface area contributed by atoms with Crippen molar-refractivity contribution in [3.05, 3.63) is 16.7 Å². The highest BCUT2D eigenvalue weighted by atomic mass is 79.9. The first kappa shape index (κ1) is 15.7. The van der Waals surface area contributed by atoms with Crippen LogP contribution in [-0.2, 0) is 10.0 Å². The van der Waals surface area contributed by atoms with Crippen LogP contribution in [0.15, 0.2) is 21.6 Å². The van der Waals surface area contributed by atoms with Gasteiger partial charge in [0.2, 0.25) is 10.0 Å². The molecule has 0 saturated heterocycles. The highest BCUT2D eigenvalue weighted by Crippen LogP contribution is 2.28. The van der Waals surface area contributed by atoms with Gasteiger partial charge in [-0.05, 0) is 34.8 Å². The average molecular weight is 362 g/mol. The van der Waals surface area contributed by atoms with E-state index >= 15 is 0 Å². The molecule has 1 heterocycles. The number of hydrogen-bond donors (Lipinski definition) is 1. The maximum absolute atomic E-state index is 12.7. The maximum atomic E-state index is 12.7. The van der Waals surface area contributed by atoms with Crippen LogP contribution in [0.1, 0.15) is 38.5 Å². The van der Waals surface area contributed by atoms with Crippen LogP contribution in [0.5, 0.6) is 0 Å². The molecular formula is C13H20BrN3O2S. The third kappa shape index (κ3) is 3.32. The summed E-state index contributed by atoms with van der Waals surface area (Å²) in [6, 6.07) is 1.58. The van der Waals surface area contributed by atoms with E-state index in [1.807, 2.05) is 0 Å². The minimum Gasteiger partial charge on any atom is -0.383 e. The zero-order chi connectivity index (χ0) is 14.8. The number of rotatable bonds is 3. The normalized spacial score (nSPS) is 18.1. The Labute approximate surface area is 128 Å². The summed E-state index contributed by atoms with van der Waals surface area (Å²) in [6.45, 7) is 0. The second-order valence-electron chi connectivity index (χ2n) is 5.20. The molecule has 0 atom stereocenters. The summed E-state index contributed by atoms with van der Waals surface area (Å²) in [5.41, 5.74) is 5.74. The van der Waals surface area contributed by atoms with Crippen molar-refractivity contribution in [2.24, 2.45) is 0 Å². The monoisotopic (exact) mass is 361 g/mol. The summed E-state index contributed by atoms with van der Waals surface area (Å²) in [4.78, 5) is 4.00. The van der Waals surface area contributed by atoms with Crippen molar-refractivity contribution in [2.45, 2.75) is 49.5 Å². The average Bonchev–Trinajstić information content (AvgIpc) is 2.69. The maximum Gasteiger partial charge on any atom is 0.246 e. The van der Waals surface area contributed by atoms with Crippen molar-refractivity contribution in [1.29, 1.82) is 0 Å². The molecule has 2 rings (SSSR count). The molecule has 5 nitrogen and oxygen atoms in total. The van der Waals surface area contributed by atoms with Crippen molar-refractivity contribution in [2.75, 3.05) is 12.8 Å². The van der Waals surface area contributed by atoms with Crippen LogP contribution in [-0.4, -0.2) is 30.8 Å². The van der Waals surface area contributed by atoms with E-state index in [1.54, 1.807) is 7.05 Å². The Bertz CT molecular complexity index is 569. The number of halogens is 1. The molecule has 1 aromatic rings. The molecule has 0 radical (unpaired) electrons. The zero-order valence-electron chi connectivity index (χ0n) is 11.5. The predicted molar refractivity (Wildman–Crippen MR) is 82.8 cm³/mol. The van der Waals surface area contributed by atoms with E-state index in [2.05, 4.69) is 20.9 Å². The molecule has 1 fully saturated rings. The number of sulfonamides is 1. The number of nitrogen functional groups attached to an aromatic ring is 1. The fourth-order valence-electron chi connectivity index (χ4n) is 2.61. The summed E-state index contributed by atoms with van der Waals surface area (Å²) >= 11 is 3.25. The van der Waals surface area contributed by atoms with Crippen LogP contribution in [0.3, 0.4) is 0 Å². The third-order valence-corrected chi connectivity index (χ3v) is 6.22. The van der Waals surface area contributed by atoms with Crippen molar-refractivity contribution < 1.29 is 8.42 Å². The molecular weight excluding hydrogens is 342 g/mol. The van der Waals surface area contributed by atoms with Crippen molar-refractivity contribution >= 4 is 31.8 Å². The van der Waals surface area contributed by atoms with Gasteiger partial charge in [0, 0.05) is 23.8 Å². The molecule has 1 saturated carbocycles. The molecule has 20 heavy (non-hydrogen) atoms. The molecule has 112 valence electrons. The molecule has 1 aromatic heterocycles. The second kappa shape index (κ2) is 6.41. The van der Waals surface area contributed by atoms with Crippen molar-refractivity contribution in [3.63, 3.8) is 0 Å². The van der Waals surface area contributed by atoms with Crippen LogP contribution in [0.4, 0.5) is 5.82 Å². The van der Waals surface area contributed by atoms with E-state index in [-0.39, 0.29) is 16.8 Å². The predicted octanol–water partition coefficient (Wildman–Crippen LogP) is 2.77. The number of hydrogen-bond acceptors (Lipinski definition) is 4. The lowest BCUT2D eigenvalue weighted by Crippen LogP contribution is -2.37. The highest BCUT2D eigenvalue weighted by molar-refractivity contribution is 9.10. The number of aromatic nitrogens is 1. The zero-order valence-corrected chi connectivity index (χ0v) is 14.0. The van der Waals surface area contributed by atoms with E-state index in [9.17, 15) is 8.42 Å². The minimum absolute atomic E-state index is 0.0497.